The molecular weight excluding hydrogens is 294 g/mol. The topological polar surface area (TPSA) is 56.8 Å². The van der Waals surface area contributed by atoms with Crippen LogP contribution in [0.1, 0.15) is 58.8 Å². The molecule has 0 bridgehead atoms. The van der Waals surface area contributed by atoms with Crippen LogP contribution >= 0.6 is 0 Å². The summed E-state index contributed by atoms with van der Waals surface area (Å²) in [6.45, 7) is 6.43. The molecule has 1 saturated heterocycles. The molecule has 1 N–H and O–H groups in total. The van der Waals surface area contributed by atoms with Gasteiger partial charge in [0.2, 0.25) is 5.91 Å². The zero-order valence-electron chi connectivity index (χ0n) is 14.7. The molecule has 1 aliphatic heterocycles. The van der Waals surface area contributed by atoms with Crippen molar-refractivity contribution in [2.24, 2.45) is 5.92 Å². The lowest BCUT2D eigenvalue weighted by atomic mass is 9.90. The smallest absolute Gasteiger partial charge is 0.217 e. The third kappa shape index (κ3) is 7.19. The molecule has 2 rings (SSSR count). The number of ether oxygens (including phenoxy) is 3. The van der Waals surface area contributed by atoms with Crippen LogP contribution in [0.3, 0.4) is 0 Å². The Bertz CT molecular complexity index is 338. The fraction of sp³-hybridized carbons (Fsp3) is 0.944. The van der Waals surface area contributed by atoms with Crippen LogP contribution in [0.25, 0.3) is 0 Å². The molecule has 23 heavy (non-hydrogen) atoms. The molecule has 1 saturated carbocycles. The van der Waals surface area contributed by atoms with Gasteiger partial charge in [0.25, 0.3) is 0 Å². The lowest BCUT2D eigenvalue weighted by Crippen LogP contribution is -2.47. The zero-order chi connectivity index (χ0) is 16.5. The largest absolute Gasteiger partial charge is 0.381 e. The highest BCUT2D eigenvalue weighted by Gasteiger charge is 2.24. The van der Waals surface area contributed by atoms with Crippen molar-refractivity contribution in [2.45, 2.75) is 77.0 Å². The monoisotopic (exact) mass is 327 g/mol. The van der Waals surface area contributed by atoms with E-state index in [2.05, 4.69) is 5.32 Å². The van der Waals surface area contributed by atoms with Gasteiger partial charge in [-0.05, 0) is 38.5 Å². The Morgan fingerprint density at radius 1 is 1.17 bits per heavy atom. The first kappa shape index (κ1) is 18.7. The van der Waals surface area contributed by atoms with Gasteiger partial charge < -0.3 is 19.5 Å². The van der Waals surface area contributed by atoms with Gasteiger partial charge in [0.05, 0.1) is 24.9 Å². The molecule has 1 heterocycles. The summed E-state index contributed by atoms with van der Waals surface area (Å²) in [5.41, 5.74) is 0. The molecule has 1 amide bonds. The van der Waals surface area contributed by atoms with E-state index in [0.717, 1.165) is 32.7 Å². The number of hydrogen-bond donors (Lipinski definition) is 1. The predicted molar refractivity (Wildman–Crippen MR) is 89.4 cm³/mol. The maximum absolute atomic E-state index is 11.5. The van der Waals surface area contributed by atoms with Gasteiger partial charge in [-0.25, -0.2) is 0 Å². The first-order chi connectivity index (χ1) is 11.1. The van der Waals surface area contributed by atoms with Crippen molar-refractivity contribution in [2.75, 3.05) is 26.4 Å². The van der Waals surface area contributed by atoms with Crippen LogP contribution in [-0.2, 0) is 19.0 Å². The molecule has 5 nitrogen and oxygen atoms in total. The lowest BCUT2D eigenvalue weighted by Gasteiger charge is -2.30. The van der Waals surface area contributed by atoms with E-state index < -0.39 is 0 Å². The van der Waals surface area contributed by atoms with Crippen molar-refractivity contribution in [1.82, 2.24) is 5.32 Å². The molecule has 2 unspecified atom stereocenters. The Labute approximate surface area is 140 Å². The van der Waals surface area contributed by atoms with Gasteiger partial charge in [-0.2, -0.15) is 0 Å². The maximum atomic E-state index is 11.5. The Morgan fingerprint density at radius 2 is 1.87 bits per heavy atom. The fourth-order valence-electron chi connectivity index (χ4n) is 3.40. The number of rotatable bonds is 8. The van der Waals surface area contributed by atoms with Crippen LogP contribution in [0, 0.1) is 5.92 Å². The van der Waals surface area contributed by atoms with Crippen LogP contribution in [0.4, 0.5) is 0 Å². The molecule has 2 atom stereocenters. The number of hydrogen-bond acceptors (Lipinski definition) is 4. The second kappa shape index (κ2) is 10.3. The second-order valence-corrected chi connectivity index (χ2v) is 6.99. The quantitative estimate of drug-likeness (QED) is 0.745. The van der Waals surface area contributed by atoms with Crippen LogP contribution < -0.4 is 5.32 Å². The van der Waals surface area contributed by atoms with Gasteiger partial charge >= 0.3 is 0 Å². The molecule has 0 spiro atoms. The van der Waals surface area contributed by atoms with Crippen molar-refractivity contribution < 1.29 is 19.0 Å². The molecule has 0 radical (unpaired) electrons. The number of nitrogens with one attached hydrogen (secondary N) is 1. The van der Waals surface area contributed by atoms with Crippen LogP contribution in [0.5, 0.6) is 0 Å². The average Bonchev–Trinajstić information content (AvgIpc) is 2.58. The number of carbonyl (C=O) groups excluding carboxylic acids is 1. The van der Waals surface area contributed by atoms with Gasteiger partial charge in [-0.1, -0.05) is 19.3 Å². The summed E-state index contributed by atoms with van der Waals surface area (Å²) in [6, 6.07) is -0.0843. The summed E-state index contributed by atoms with van der Waals surface area (Å²) < 4.78 is 17.4. The minimum absolute atomic E-state index is 0.0272. The molecule has 5 heteroatoms. The van der Waals surface area contributed by atoms with E-state index in [0.29, 0.717) is 12.5 Å². The Balaban J connectivity index is 1.74. The fourth-order valence-corrected chi connectivity index (χ4v) is 3.40. The number of carbonyl (C=O) groups is 1. The normalized spacial score (nSPS) is 23.4. The van der Waals surface area contributed by atoms with Crippen molar-refractivity contribution in [3.8, 4) is 0 Å². The van der Waals surface area contributed by atoms with Gasteiger partial charge in [0.15, 0.2) is 0 Å². The molecule has 2 aliphatic rings. The van der Waals surface area contributed by atoms with Gasteiger partial charge in [0.1, 0.15) is 0 Å². The second-order valence-electron chi connectivity index (χ2n) is 6.99. The Hall–Kier alpha value is -0.650. The molecule has 1 aliphatic carbocycles. The van der Waals surface area contributed by atoms with E-state index in [4.69, 9.17) is 14.2 Å². The van der Waals surface area contributed by atoms with E-state index in [1.165, 1.54) is 32.1 Å². The minimum atomic E-state index is -0.0843. The highest BCUT2D eigenvalue weighted by Crippen LogP contribution is 2.24. The van der Waals surface area contributed by atoms with Crippen molar-refractivity contribution in [3.63, 3.8) is 0 Å². The van der Waals surface area contributed by atoms with Crippen LogP contribution in [0.15, 0.2) is 0 Å². The summed E-state index contributed by atoms with van der Waals surface area (Å²) in [4.78, 5) is 11.5. The molecule has 134 valence electrons. The van der Waals surface area contributed by atoms with Crippen molar-refractivity contribution in [1.29, 1.82) is 0 Å². The van der Waals surface area contributed by atoms with E-state index in [-0.39, 0.29) is 24.2 Å². The molecule has 0 aromatic heterocycles. The van der Waals surface area contributed by atoms with Crippen molar-refractivity contribution >= 4 is 5.91 Å². The SMILES string of the molecule is CC(=O)NC(COC1CCOCC1)C(C)OCC1CCCCC1. The first-order valence-corrected chi connectivity index (χ1v) is 9.23. The number of amides is 1. The van der Waals surface area contributed by atoms with Gasteiger partial charge in [0, 0.05) is 26.7 Å². The van der Waals surface area contributed by atoms with Crippen molar-refractivity contribution in [3.05, 3.63) is 0 Å². The van der Waals surface area contributed by atoms with Crippen LogP contribution in [0.2, 0.25) is 0 Å². The minimum Gasteiger partial charge on any atom is -0.381 e. The van der Waals surface area contributed by atoms with E-state index in [1.54, 1.807) is 6.92 Å². The summed E-state index contributed by atoms with van der Waals surface area (Å²) >= 11 is 0. The summed E-state index contributed by atoms with van der Waals surface area (Å²) in [5.74, 6) is 0.652. The van der Waals surface area contributed by atoms with E-state index >= 15 is 0 Å². The zero-order valence-corrected chi connectivity index (χ0v) is 14.7. The third-order valence-corrected chi connectivity index (χ3v) is 4.95. The average molecular weight is 327 g/mol. The highest BCUT2D eigenvalue weighted by molar-refractivity contribution is 5.73. The standard InChI is InChI=1S/C18H33NO4/c1-14(22-12-16-6-4-3-5-7-16)18(19-15(2)20)13-23-17-8-10-21-11-9-17/h14,16-18H,3-13H2,1-2H3,(H,19,20). The maximum Gasteiger partial charge on any atom is 0.217 e. The molecule has 0 aromatic rings. The predicted octanol–water partition coefficient (Wildman–Crippen LogP) is 2.67. The third-order valence-electron chi connectivity index (χ3n) is 4.95. The Morgan fingerprint density at radius 3 is 2.52 bits per heavy atom. The van der Waals surface area contributed by atoms with Gasteiger partial charge in [-0.15, -0.1) is 0 Å². The molecule has 2 fully saturated rings. The van der Waals surface area contributed by atoms with E-state index in [9.17, 15) is 4.79 Å². The van der Waals surface area contributed by atoms with Gasteiger partial charge in [-0.3, -0.25) is 4.79 Å². The van der Waals surface area contributed by atoms with E-state index in [1.807, 2.05) is 6.92 Å². The summed E-state index contributed by atoms with van der Waals surface area (Å²) in [6.07, 6.45) is 8.64. The van der Waals surface area contributed by atoms with Crippen LogP contribution in [-0.4, -0.2) is 50.6 Å². The first-order valence-electron chi connectivity index (χ1n) is 9.23. The molecule has 0 aromatic carbocycles. The summed E-state index contributed by atoms with van der Waals surface area (Å²) in [7, 11) is 0. The summed E-state index contributed by atoms with van der Waals surface area (Å²) in [5, 5.41) is 2.99. The Kier molecular flexibility index (Phi) is 8.34. The lowest BCUT2D eigenvalue weighted by molar-refractivity contribution is -0.123. The molecular formula is C18H33NO4. The highest BCUT2D eigenvalue weighted by atomic mass is 16.5.